The fraction of sp³-hybridized carbons (Fsp3) is 0.632. The molecule has 0 amide bonds. The molecular formula is C19H33N3. The van der Waals surface area contributed by atoms with Gasteiger partial charge < -0.3 is 10.2 Å². The van der Waals surface area contributed by atoms with Crippen molar-refractivity contribution < 1.29 is 0 Å². The van der Waals surface area contributed by atoms with Crippen molar-refractivity contribution in [3.8, 4) is 0 Å². The number of aliphatic imine (C=N–C) groups is 1. The first-order chi connectivity index (χ1) is 10.5. The molecule has 0 aromatic heterocycles. The Morgan fingerprint density at radius 1 is 1.45 bits per heavy atom. The minimum atomic E-state index is 0.527. The molecule has 0 spiro atoms. The van der Waals surface area contributed by atoms with E-state index in [1.165, 1.54) is 16.8 Å². The second-order valence-electron chi connectivity index (χ2n) is 6.21. The molecule has 0 aromatic rings. The van der Waals surface area contributed by atoms with Gasteiger partial charge in [0, 0.05) is 48.9 Å². The van der Waals surface area contributed by atoms with E-state index in [2.05, 4.69) is 69.4 Å². The lowest BCUT2D eigenvalue weighted by Gasteiger charge is -2.36. The number of rotatable bonds is 6. The van der Waals surface area contributed by atoms with Gasteiger partial charge >= 0.3 is 0 Å². The smallest absolute Gasteiger partial charge is 0.0464 e. The van der Waals surface area contributed by atoms with Crippen molar-refractivity contribution in [3.05, 3.63) is 35.7 Å². The second-order valence-corrected chi connectivity index (χ2v) is 6.21. The first-order valence-corrected chi connectivity index (χ1v) is 8.47. The summed E-state index contributed by atoms with van der Waals surface area (Å²) in [6.45, 7) is 20.2. The highest BCUT2D eigenvalue weighted by atomic mass is 15.2. The highest BCUT2D eigenvalue weighted by Crippen LogP contribution is 2.28. The molecule has 1 rings (SSSR count). The Kier molecular flexibility index (Phi) is 7.60. The van der Waals surface area contributed by atoms with Crippen LogP contribution in [-0.4, -0.2) is 36.3 Å². The summed E-state index contributed by atoms with van der Waals surface area (Å²) in [4.78, 5) is 6.98. The van der Waals surface area contributed by atoms with Crippen molar-refractivity contribution in [2.75, 3.05) is 19.6 Å². The van der Waals surface area contributed by atoms with E-state index in [1.807, 2.05) is 0 Å². The predicted octanol–water partition coefficient (Wildman–Crippen LogP) is 4.15. The average molecular weight is 303 g/mol. The fourth-order valence-corrected chi connectivity index (χ4v) is 3.17. The number of nitrogens with one attached hydrogen (secondary N) is 1. The number of allylic oxidation sites excluding steroid dienone is 4. The Morgan fingerprint density at radius 2 is 2.14 bits per heavy atom. The third-order valence-corrected chi connectivity index (χ3v) is 4.59. The van der Waals surface area contributed by atoms with Crippen LogP contribution in [-0.2, 0) is 0 Å². The van der Waals surface area contributed by atoms with Gasteiger partial charge in [0.25, 0.3) is 0 Å². The van der Waals surface area contributed by atoms with Crippen LogP contribution in [0.1, 0.15) is 48.0 Å². The number of nitrogens with zero attached hydrogens (tertiary/aromatic N) is 2. The third kappa shape index (κ3) is 4.57. The van der Waals surface area contributed by atoms with Gasteiger partial charge in [-0.2, -0.15) is 0 Å². The summed E-state index contributed by atoms with van der Waals surface area (Å²) < 4.78 is 0. The maximum Gasteiger partial charge on any atom is 0.0464 e. The minimum Gasteiger partial charge on any atom is -0.372 e. The van der Waals surface area contributed by atoms with Crippen molar-refractivity contribution >= 4 is 5.71 Å². The summed E-state index contributed by atoms with van der Waals surface area (Å²) >= 11 is 0. The van der Waals surface area contributed by atoms with Crippen molar-refractivity contribution in [1.29, 1.82) is 0 Å². The van der Waals surface area contributed by atoms with Crippen molar-refractivity contribution in [1.82, 2.24) is 10.2 Å². The standard InChI is InChI=1S/C19H33N3/c1-8-14(4)18(9-2)19(16(6)20-10-3)17(7)22-12-11-21-15(5)13-22/h9-10,14-15,21H,3,8,11-13H2,1-2,4-7H3/b18-9-,19-17-,20-16?. The van der Waals surface area contributed by atoms with Gasteiger partial charge in [-0.1, -0.05) is 26.5 Å². The molecule has 2 atom stereocenters. The van der Waals surface area contributed by atoms with Crippen LogP contribution in [0.5, 0.6) is 0 Å². The molecule has 0 radical (unpaired) electrons. The van der Waals surface area contributed by atoms with E-state index in [1.54, 1.807) is 6.20 Å². The first-order valence-electron chi connectivity index (χ1n) is 8.47. The van der Waals surface area contributed by atoms with Crippen molar-refractivity contribution in [3.63, 3.8) is 0 Å². The van der Waals surface area contributed by atoms with Crippen molar-refractivity contribution in [2.45, 2.75) is 54.0 Å². The minimum absolute atomic E-state index is 0.527. The molecule has 1 heterocycles. The van der Waals surface area contributed by atoms with Gasteiger partial charge in [0.05, 0.1) is 0 Å². The third-order valence-electron chi connectivity index (χ3n) is 4.59. The molecule has 3 heteroatoms. The summed E-state index contributed by atoms with van der Waals surface area (Å²) in [7, 11) is 0. The summed E-state index contributed by atoms with van der Waals surface area (Å²) in [6, 6.07) is 0.527. The molecule has 1 N–H and O–H groups in total. The van der Waals surface area contributed by atoms with Gasteiger partial charge in [0.2, 0.25) is 0 Å². The molecule has 0 aromatic carbocycles. The zero-order valence-electron chi connectivity index (χ0n) is 15.2. The first kappa shape index (κ1) is 18.7. The monoisotopic (exact) mass is 303 g/mol. The molecule has 124 valence electrons. The second kappa shape index (κ2) is 8.94. The lowest BCUT2D eigenvalue weighted by atomic mass is 9.87. The van der Waals surface area contributed by atoms with Gasteiger partial charge in [0.1, 0.15) is 0 Å². The highest BCUT2D eigenvalue weighted by Gasteiger charge is 2.22. The largest absolute Gasteiger partial charge is 0.372 e. The normalized spacial score (nSPS) is 23.2. The van der Waals surface area contributed by atoms with E-state index in [-0.39, 0.29) is 0 Å². The van der Waals surface area contributed by atoms with E-state index < -0.39 is 0 Å². The molecule has 1 saturated heterocycles. The summed E-state index contributed by atoms with van der Waals surface area (Å²) in [6.07, 6.45) is 5.03. The Bertz CT molecular complexity index is 471. The highest BCUT2D eigenvalue weighted by molar-refractivity contribution is 6.03. The number of piperazine rings is 1. The zero-order chi connectivity index (χ0) is 16.7. The van der Waals surface area contributed by atoms with E-state index in [0.29, 0.717) is 12.0 Å². The van der Waals surface area contributed by atoms with Gasteiger partial charge in [-0.05, 0) is 45.6 Å². The Morgan fingerprint density at radius 3 is 2.64 bits per heavy atom. The van der Waals surface area contributed by atoms with Crippen LogP contribution >= 0.6 is 0 Å². The molecule has 3 nitrogen and oxygen atoms in total. The van der Waals surface area contributed by atoms with E-state index in [9.17, 15) is 0 Å². The predicted molar refractivity (Wildman–Crippen MR) is 98.3 cm³/mol. The van der Waals surface area contributed by atoms with E-state index >= 15 is 0 Å². The zero-order valence-corrected chi connectivity index (χ0v) is 15.2. The molecule has 22 heavy (non-hydrogen) atoms. The SMILES string of the molecule is C=CN=C(C)C(/C(=C\C)C(C)CC)=C(\C)N1CCNC(C)C1. The Labute approximate surface area is 136 Å². The quantitative estimate of drug-likeness (QED) is 0.589. The Balaban J connectivity index is 3.31. The van der Waals surface area contributed by atoms with Gasteiger partial charge in [-0.25, -0.2) is 0 Å². The van der Waals surface area contributed by atoms with Crippen LogP contribution in [0.15, 0.2) is 40.7 Å². The molecule has 0 aliphatic carbocycles. The molecule has 0 saturated carbocycles. The summed E-state index contributed by atoms with van der Waals surface area (Å²) in [5.41, 5.74) is 5.09. The number of hydrogen-bond donors (Lipinski definition) is 1. The lowest BCUT2D eigenvalue weighted by Crippen LogP contribution is -2.48. The topological polar surface area (TPSA) is 27.6 Å². The fourth-order valence-electron chi connectivity index (χ4n) is 3.17. The Hall–Kier alpha value is -1.35. The van der Waals surface area contributed by atoms with Gasteiger partial charge in [0.15, 0.2) is 0 Å². The molecular weight excluding hydrogens is 270 g/mol. The molecule has 1 fully saturated rings. The molecule has 1 aliphatic rings. The van der Waals surface area contributed by atoms with Crippen LogP contribution in [0.25, 0.3) is 0 Å². The maximum atomic E-state index is 4.48. The lowest BCUT2D eigenvalue weighted by molar-refractivity contribution is 0.255. The van der Waals surface area contributed by atoms with Crippen LogP contribution in [0.4, 0.5) is 0 Å². The van der Waals surface area contributed by atoms with Crippen LogP contribution in [0.2, 0.25) is 0 Å². The summed E-state index contributed by atoms with van der Waals surface area (Å²) in [5.74, 6) is 0.533. The van der Waals surface area contributed by atoms with Crippen molar-refractivity contribution in [2.24, 2.45) is 10.9 Å². The summed E-state index contributed by atoms with van der Waals surface area (Å²) in [5, 5.41) is 3.51. The molecule has 1 aliphatic heterocycles. The van der Waals surface area contributed by atoms with Crippen LogP contribution < -0.4 is 5.32 Å². The molecule has 2 unspecified atom stereocenters. The molecule has 0 bridgehead atoms. The van der Waals surface area contributed by atoms with E-state index in [4.69, 9.17) is 0 Å². The van der Waals surface area contributed by atoms with Gasteiger partial charge in [-0.15, -0.1) is 0 Å². The maximum absolute atomic E-state index is 4.48. The number of hydrogen-bond acceptors (Lipinski definition) is 3. The average Bonchev–Trinajstić information content (AvgIpc) is 2.51. The van der Waals surface area contributed by atoms with Crippen LogP contribution in [0, 0.1) is 5.92 Å². The van der Waals surface area contributed by atoms with E-state index in [0.717, 1.165) is 31.8 Å². The van der Waals surface area contributed by atoms with Gasteiger partial charge in [-0.3, -0.25) is 4.99 Å². The van der Waals surface area contributed by atoms with Crippen LogP contribution in [0.3, 0.4) is 0 Å².